The number of imidazole rings is 1. The zero-order chi connectivity index (χ0) is 21.1. The van der Waals surface area contributed by atoms with Crippen molar-refractivity contribution in [1.82, 2.24) is 14.9 Å². The number of carbonyl (C=O) groups excluding carboxylic acids is 1. The molecule has 0 aliphatic rings. The molecule has 4 nitrogen and oxygen atoms in total. The van der Waals surface area contributed by atoms with E-state index < -0.39 is 0 Å². The Bertz CT molecular complexity index is 1170. The van der Waals surface area contributed by atoms with Gasteiger partial charge in [0.25, 0.3) is 5.91 Å². The topological polar surface area (TPSA) is 46.9 Å². The fourth-order valence-corrected chi connectivity index (χ4v) is 3.71. The number of aryl methyl sites for hydroxylation is 1. The number of amides is 1. The lowest BCUT2D eigenvalue weighted by atomic mass is 10.0. The molecule has 152 valence electrons. The lowest BCUT2D eigenvalue weighted by Crippen LogP contribution is -2.28. The van der Waals surface area contributed by atoms with Crippen LogP contribution in [-0.2, 0) is 6.54 Å². The van der Waals surface area contributed by atoms with Crippen LogP contribution < -0.4 is 5.32 Å². The fourth-order valence-electron chi connectivity index (χ4n) is 3.71. The van der Waals surface area contributed by atoms with Gasteiger partial charge in [0, 0.05) is 12.1 Å². The Morgan fingerprint density at radius 1 is 1.07 bits per heavy atom. The van der Waals surface area contributed by atoms with Crippen LogP contribution in [0.1, 0.15) is 46.7 Å². The molecule has 1 N–H and O–H groups in total. The number of nitrogens with zero attached hydrogens (tertiary/aromatic N) is 2. The van der Waals surface area contributed by atoms with Gasteiger partial charge < -0.3 is 9.88 Å². The van der Waals surface area contributed by atoms with E-state index in [1.165, 1.54) is 12.1 Å². The van der Waals surface area contributed by atoms with Crippen molar-refractivity contribution in [3.63, 3.8) is 0 Å². The highest BCUT2D eigenvalue weighted by molar-refractivity contribution is 5.97. The second kappa shape index (κ2) is 8.49. The number of halogens is 1. The third kappa shape index (κ3) is 4.10. The second-order valence-electron chi connectivity index (χ2n) is 7.42. The summed E-state index contributed by atoms with van der Waals surface area (Å²) in [6.45, 7) is 4.59. The molecule has 1 heterocycles. The molecule has 3 aromatic carbocycles. The van der Waals surface area contributed by atoms with Gasteiger partial charge in [-0.2, -0.15) is 0 Å². The van der Waals surface area contributed by atoms with Crippen LogP contribution in [-0.4, -0.2) is 15.5 Å². The monoisotopic (exact) mass is 401 g/mol. The first-order chi connectivity index (χ1) is 14.5. The predicted octanol–water partition coefficient (Wildman–Crippen LogP) is 5.41. The van der Waals surface area contributed by atoms with Gasteiger partial charge in [0.1, 0.15) is 11.6 Å². The van der Waals surface area contributed by atoms with E-state index in [1.807, 2.05) is 55.5 Å². The van der Waals surface area contributed by atoms with E-state index in [4.69, 9.17) is 0 Å². The van der Waals surface area contributed by atoms with E-state index in [0.717, 1.165) is 34.4 Å². The third-order valence-electron chi connectivity index (χ3n) is 5.37. The summed E-state index contributed by atoms with van der Waals surface area (Å²) in [4.78, 5) is 17.5. The molecule has 0 aliphatic carbocycles. The molecule has 0 fully saturated rings. The first-order valence-electron chi connectivity index (χ1n) is 10.1. The third-order valence-corrected chi connectivity index (χ3v) is 5.37. The molecule has 30 heavy (non-hydrogen) atoms. The molecule has 0 bridgehead atoms. The highest BCUT2D eigenvalue weighted by Crippen LogP contribution is 2.21. The van der Waals surface area contributed by atoms with E-state index in [0.29, 0.717) is 12.1 Å². The number of rotatable bonds is 6. The van der Waals surface area contributed by atoms with Gasteiger partial charge in [0.15, 0.2) is 0 Å². The van der Waals surface area contributed by atoms with E-state index in [1.54, 1.807) is 12.1 Å². The molecule has 0 aliphatic heterocycles. The van der Waals surface area contributed by atoms with Gasteiger partial charge in [0.2, 0.25) is 0 Å². The number of benzene rings is 3. The molecule has 4 aromatic rings. The summed E-state index contributed by atoms with van der Waals surface area (Å²) in [6, 6.07) is 22.0. The highest BCUT2D eigenvalue weighted by atomic mass is 19.1. The van der Waals surface area contributed by atoms with Gasteiger partial charge in [-0.1, -0.05) is 49.4 Å². The SMILES string of the molecule is CC[C@@H](NC(=O)c1ccc2c(c1)nc(C)n2Cc1ccc(F)cc1)c1ccccc1. The second-order valence-corrected chi connectivity index (χ2v) is 7.42. The number of aromatic nitrogens is 2. The Balaban J connectivity index is 1.57. The molecule has 0 unspecified atom stereocenters. The van der Waals surface area contributed by atoms with Crippen molar-refractivity contribution < 1.29 is 9.18 Å². The van der Waals surface area contributed by atoms with Crippen LogP contribution >= 0.6 is 0 Å². The predicted molar refractivity (Wildman–Crippen MR) is 117 cm³/mol. The number of fused-ring (bicyclic) bond motifs is 1. The summed E-state index contributed by atoms with van der Waals surface area (Å²) in [7, 11) is 0. The first-order valence-corrected chi connectivity index (χ1v) is 10.1. The van der Waals surface area contributed by atoms with Gasteiger partial charge in [-0.05, 0) is 54.8 Å². The molecule has 5 heteroatoms. The first kappa shape index (κ1) is 19.8. The average molecular weight is 401 g/mol. The van der Waals surface area contributed by atoms with Crippen molar-refractivity contribution in [3.8, 4) is 0 Å². The maximum Gasteiger partial charge on any atom is 0.251 e. The summed E-state index contributed by atoms with van der Waals surface area (Å²) in [6.07, 6.45) is 0.809. The van der Waals surface area contributed by atoms with Crippen LogP contribution in [0.2, 0.25) is 0 Å². The summed E-state index contributed by atoms with van der Waals surface area (Å²) >= 11 is 0. The molecular weight excluding hydrogens is 377 g/mol. The van der Waals surface area contributed by atoms with Gasteiger partial charge in [-0.25, -0.2) is 9.37 Å². The Morgan fingerprint density at radius 3 is 2.50 bits per heavy atom. The van der Waals surface area contributed by atoms with Crippen LogP contribution in [0.25, 0.3) is 11.0 Å². The zero-order valence-corrected chi connectivity index (χ0v) is 17.1. The lowest BCUT2D eigenvalue weighted by molar-refractivity contribution is 0.0935. The van der Waals surface area contributed by atoms with Crippen LogP contribution in [0, 0.1) is 12.7 Å². The highest BCUT2D eigenvalue weighted by Gasteiger charge is 2.16. The summed E-state index contributed by atoms with van der Waals surface area (Å²) in [5.41, 5.74) is 4.39. The van der Waals surface area contributed by atoms with Crippen molar-refractivity contribution >= 4 is 16.9 Å². The van der Waals surface area contributed by atoms with Crippen LogP contribution in [0.3, 0.4) is 0 Å². The van der Waals surface area contributed by atoms with Gasteiger partial charge in [-0.3, -0.25) is 4.79 Å². The fraction of sp³-hybridized carbons (Fsp3) is 0.200. The summed E-state index contributed by atoms with van der Waals surface area (Å²) in [5, 5.41) is 3.12. The van der Waals surface area contributed by atoms with Crippen molar-refractivity contribution in [1.29, 1.82) is 0 Å². The quantitative estimate of drug-likeness (QED) is 0.469. The summed E-state index contributed by atoms with van der Waals surface area (Å²) < 4.78 is 15.3. The van der Waals surface area contributed by atoms with Crippen LogP contribution in [0.5, 0.6) is 0 Å². The largest absolute Gasteiger partial charge is 0.345 e. The minimum atomic E-state index is -0.248. The average Bonchev–Trinajstić information content (AvgIpc) is 3.08. The normalized spacial score (nSPS) is 12.1. The maximum atomic E-state index is 13.2. The molecule has 1 aromatic heterocycles. The van der Waals surface area contributed by atoms with Crippen molar-refractivity contribution in [2.24, 2.45) is 0 Å². The number of hydrogen-bond acceptors (Lipinski definition) is 2. The Kier molecular flexibility index (Phi) is 5.61. The Morgan fingerprint density at radius 2 is 1.80 bits per heavy atom. The Labute approximate surface area is 175 Å². The zero-order valence-electron chi connectivity index (χ0n) is 17.1. The minimum Gasteiger partial charge on any atom is -0.345 e. The molecular formula is C25H24FN3O. The smallest absolute Gasteiger partial charge is 0.251 e. The van der Waals surface area contributed by atoms with E-state index >= 15 is 0 Å². The van der Waals surface area contributed by atoms with Crippen LogP contribution in [0.15, 0.2) is 72.8 Å². The molecule has 0 spiro atoms. The number of carbonyl (C=O) groups is 1. The summed E-state index contributed by atoms with van der Waals surface area (Å²) in [5.74, 6) is 0.489. The van der Waals surface area contributed by atoms with Gasteiger partial charge >= 0.3 is 0 Å². The van der Waals surface area contributed by atoms with Crippen molar-refractivity contribution in [2.45, 2.75) is 32.9 Å². The molecule has 1 amide bonds. The number of hydrogen-bond donors (Lipinski definition) is 1. The van der Waals surface area contributed by atoms with E-state index in [-0.39, 0.29) is 17.8 Å². The standard InChI is InChI=1S/C25H24FN3O/c1-3-22(19-7-5-4-6-8-19)28-25(30)20-11-14-24-23(15-20)27-17(2)29(24)16-18-9-12-21(26)13-10-18/h4-15,22H,3,16H2,1-2H3,(H,28,30)/t22-/m1/s1. The van der Waals surface area contributed by atoms with Gasteiger partial charge in [-0.15, -0.1) is 0 Å². The number of nitrogens with one attached hydrogen (secondary N) is 1. The van der Waals surface area contributed by atoms with Crippen molar-refractivity contribution in [2.75, 3.05) is 0 Å². The molecule has 0 radical (unpaired) electrons. The molecule has 4 rings (SSSR count). The molecule has 0 saturated carbocycles. The van der Waals surface area contributed by atoms with Gasteiger partial charge in [0.05, 0.1) is 17.1 Å². The Hall–Kier alpha value is -3.47. The molecule has 1 atom stereocenters. The van der Waals surface area contributed by atoms with Crippen molar-refractivity contribution in [3.05, 3.63) is 101 Å². The molecule has 0 saturated heterocycles. The minimum absolute atomic E-state index is 0.0350. The lowest BCUT2D eigenvalue weighted by Gasteiger charge is -2.17. The van der Waals surface area contributed by atoms with E-state index in [2.05, 4.69) is 21.8 Å². The maximum absolute atomic E-state index is 13.2. The van der Waals surface area contributed by atoms with E-state index in [9.17, 15) is 9.18 Å². The van der Waals surface area contributed by atoms with Crippen LogP contribution in [0.4, 0.5) is 4.39 Å².